The molecule has 0 aliphatic heterocycles. The molecule has 3 rings (SSSR count). The van der Waals surface area contributed by atoms with Crippen LogP contribution in [0.5, 0.6) is 0 Å². The number of rotatable bonds is 6. The van der Waals surface area contributed by atoms with E-state index in [1.807, 2.05) is 6.07 Å². The number of benzene rings is 3. The van der Waals surface area contributed by atoms with Gasteiger partial charge in [-0.1, -0.05) is 31.2 Å². The lowest BCUT2D eigenvalue weighted by Gasteiger charge is -2.17. The summed E-state index contributed by atoms with van der Waals surface area (Å²) < 4.78 is 68.6. The van der Waals surface area contributed by atoms with Gasteiger partial charge in [0, 0.05) is 5.56 Å². The second-order valence-corrected chi connectivity index (χ2v) is 8.69. The van der Waals surface area contributed by atoms with Gasteiger partial charge in [0.05, 0.1) is 33.3 Å². The number of nitrogens with one attached hydrogen (secondary N) is 1. The van der Waals surface area contributed by atoms with Crippen LogP contribution in [0.15, 0.2) is 65.6 Å². The third-order valence-corrected chi connectivity index (χ3v) is 6.33. The Morgan fingerprint density at radius 3 is 2.42 bits per heavy atom. The third kappa shape index (κ3) is 5.15. The summed E-state index contributed by atoms with van der Waals surface area (Å²) >= 11 is 0. The fourth-order valence-electron chi connectivity index (χ4n) is 3.24. The fraction of sp³-hybridized carbons (Fsp3) is 0.130. The Morgan fingerprint density at radius 2 is 1.82 bits per heavy atom. The number of alkyl halides is 3. The monoisotopic (exact) mass is 474 g/mol. The number of aromatic carboxylic acids is 1. The summed E-state index contributed by atoms with van der Waals surface area (Å²) in [6, 6.07) is 14.1. The highest BCUT2D eigenvalue weighted by Crippen LogP contribution is 2.37. The summed E-state index contributed by atoms with van der Waals surface area (Å²) in [6.07, 6.45) is -4.49. The molecule has 0 unspecified atom stereocenters. The lowest BCUT2D eigenvalue weighted by atomic mass is 10.00. The van der Waals surface area contributed by atoms with Gasteiger partial charge < -0.3 is 5.11 Å². The first-order valence-corrected chi connectivity index (χ1v) is 11.1. The fourth-order valence-corrected chi connectivity index (χ4v) is 4.65. The molecule has 3 aromatic rings. The minimum atomic E-state index is -4.73. The van der Waals surface area contributed by atoms with Gasteiger partial charge in [0.1, 0.15) is 0 Å². The SMILES string of the molecule is CCc1ccc(C(=O)O)cc1S(=O)(=O)Nc1cc(C(F)(F)F)ccc1-c1cccc(C#N)c1. The number of nitrogens with zero attached hydrogens (tertiary/aromatic N) is 1. The molecule has 170 valence electrons. The molecule has 0 saturated carbocycles. The molecule has 0 aromatic heterocycles. The first-order chi connectivity index (χ1) is 15.5. The van der Waals surface area contributed by atoms with Crippen molar-refractivity contribution in [3.05, 3.63) is 82.9 Å². The number of carboxylic acids is 1. The molecular formula is C23H17F3N2O4S. The van der Waals surface area contributed by atoms with Crippen molar-refractivity contribution in [2.75, 3.05) is 4.72 Å². The van der Waals surface area contributed by atoms with E-state index in [9.17, 15) is 31.5 Å². The molecule has 0 amide bonds. The summed E-state index contributed by atoms with van der Waals surface area (Å²) in [4.78, 5) is 11.0. The van der Waals surface area contributed by atoms with Gasteiger partial charge in [-0.05, 0) is 53.9 Å². The van der Waals surface area contributed by atoms with Crippen LogP contribution in [0.25, 0.3) is 11.1 Å². The van der Waals surface area contributed by atoms with E-state index < -0.39 is 27.7 Å². The van der Waals surface area contributed by atoms with Gasteiger partial charge in [0.15, 0.2) is 0 Å². The number of hydrogen-bond donors (Lipinski definition) is 2. The van der Waals surface area contributed by atoms with Crippen molar-refractivity contribution in [1.82, 2.24) is 0 Å². The summed E-state index contributed by atoms with van der Waals surface area (Å²) in [5.74, 6) is -1.35. The maximum absolute atomic E-state index is 13.4. The van der Waals surface area contributed by atoms with E-state index in [-0.39, 0.29) is 33.7 Å². The highest BCUT2D eigenvalue weighted by Gasteiger charge is 2.32. The Balaban J connectivity index is 2.20. The lowest BCUT2D eigenvalue weighted by Crippen LogP contribution is -2.17. The van der Waals surface area contributed by atoms with Gasteiger partial charge in [-0.2, -0.15) is 18.4 Å². The van der Waals surface area contributed by atoms with E-state index >= 15 is 0 Å². The van der Waals surface area contributed by atoms with Gasteiger partial charge in [-0.3, -0.25) is 4.72 Å². The number of nitriles is 1. The van der Waals surface area contributed by atoms with Crippen LogP contribution in [0.4, 0.5) is 18.9 Å². The minimum Gasteiger partial charge on any atom is -0.478 e. The van der Waals surface area contributed by atoms with Crippen molar-refractivity contribution in [1.29, 1.82) is 5.26 Å². The smallest absolute Gasteiger partial charge is 0.416 e. The topological polar surface area (TPSA) is 107 Å². The van der Waals surface area contributed by atoms with Crippen molar-refractivity contribution >= 4 is 21.7 Å². The van der Waals surface area contributed by atoms with Crippen LogP contribution in [0.2, 0.25) is 0 Å². The molecular weight excluding hydrogens is 457 g/mol. The molecule has 0 aliphatic carbocycles. The summed E-state index contributed by atoms with van der Waals surface area (Å²) in [6.45, 7) is 1.66. The Labute approximate surface area is 188 Å². The quantitative estimate of drug-likeness (QED) is 0.504. The lowest BCUT2D eigenvalue weighted by molar-refractivity contribution is -0.137. The van der Waals surface area contributed by atoms with E-state index in [1.165, 1.54) is 36.4 Å². The molecule has 0 spiro atoms. The van der Waals surface area contributed by atoms with Crippen molar-refractivity contribution in [2.45, 2.75) is 24.4 Å². The molecule has 33 heavy (non-hydrogen) atoms. The van der Waals surface area contributed by atoms with Crippen LogP contribution >= 0.6 is 0 Å². The highest BCUT2D eigenvalue weighted by atomic mass is 32.2. The Kier molecular flexibility index (Phi) is 6.46. The average molecular weight is 474 g/mol. The van der Waals surface area contributed by atoms with Gasteiger partial charge in [0.25, 0.3) is 10.0 Å². The zero-order valence-corrected chi connectivity index (χ0v) is 18.0. The largest absolute Gasteiger partial charge is 0.478 e. The van der Waals surface area contributed by atoms with Crippen LogP contribution in [-0.4, -0.2) is 19.5 Å². The molecule has 0 atom stereocenters. The van der Waals surface area contributed by atoms with E-state index in [0.29, 0.717) is 17.2 Å². The zero-order chi connectivity index (χ0) is 24.4. The molecule has 2 N–H and O–H groups in total. The van der Waals surface area contributed by atoms with Gasteiger partial charge >= 0.3 is 12.1 Å². The molecule has 3 aromatic carbocycles. The second-order valence-electron chi connectivity index (χ2n) is 7.04. The van der Waals surface area contributed by atoms with Crippen LogP contribution in [-0.2, 0) is 22.6 Å². The van der Waals surface area contributed by atoms with Crippen molar-refractivity contribution < 1.29 is 31.5 Å². The Morgan fingerprint density at radius 1 is 1.09 bits per heavy atom. The molecule has 0 saturated heterocycles. The average Bonchev–Trinajstić information content (AvgIpc) is 2.77. The van der Waals surface area contributed by atoms with Crippen molar-refractivity contribution in [3.63, 3.8) is 0 Å². The standard InChI is InChI=1S/C23H17F3N2O4S/c1-2-15-6-7-17(22(29)30)11-21(15)33(31,32)28-20-12-18(23(24,25)26)8-9-19(20)16-5-3-4-14(10-16)13-27/h3-12,28H,2H2,1H3,(H,29,30). The summed E-state index contributed by atoms with van der Waals surface area (Å²) in [7, 11) is -4.47. The van der Waals surface area contributed by atoms with E-state index in [1.54, 1.807) is 6.92 Å². The maximum atomic E-state index is 13.4. The number of carboxylic acid groups (broad SMARTS) is 1. The maximum Gasteiger partial charge on any atom is 0.416 e. The van der Waals surface area contributed by atoms with E-state index in [2.05, 4.69) is 4.72 Å². The zero-order valence-electron chi connectivity index (χ0n) is 17.1. The number of carbonyl (C=O) groups is 1. The molecule has 0 bridgehead atoms. The van der Waals surface area contributed by atoms with Crippen LogP contribution in [0.1, 0.15) is 34.0 Å². The number of aryl methyl sites for hydroxylation is 1. The van der Waals surface area contributed by atoms with E-state index in [4.69, 9.17) is 5.26 Å². The summed E-state index contributed by atoms with van der Waals surface area (Å²) in [5.41, 5.74) is -0.723. The number of sulfonamides is 1. The van der Waals surface area contributed by atoms with Crippen LogP contribution in [0, 0.1) is 11.3 Å². The highest BCUT2D eigenvalue weighted by molar-refractivity contribution is 7.92. The molecule has 0 fully saturated rings. The molecule has 0 heterocycles. The summed E-state index contributed by atoms with van der Waals surface area (Å²) in [5, 5.41) is 18.4. The van der Waals surface area contributed by atoms with Gasteiger partial charge in [0.2, 0.25) is 0 Å². The number of hydrogen-bond acceptors (Lipinski definition) is 4. The first kappa shape index (κ1) is 23.8. The second kappa shape index (κ2) is 8.96. The third-order valence-electron chi connectivity index (χ3n) is 4.88. The molecule has 10 heteroatoms. The number of anilines is 1. The predicted octanol–water partition coefficient (Wildman–Crippen LogP) is 5.31. The van der Waals surface area contributed by atoms with Gasteiger partial charge in [-0.25, -0.2) is 13.2 Å². The molecule has 6 nitrogen and oxygen atoms in total. The predicted molar refractivity (Wildman–Crippen MR) is 115 cm³/mol. The van der Waals surface area contributed by atoms with Gasteiger partial charge in [-0.15, -0.1) is 0 Å². The Hall–Kier alpha value is -3.84. The first-order valence-electron chi connectivity index (χ1n) is 9.57. The molecule has 0 radical (unpaired) electrons. The Bertz CT molecular complexity index is 1380. The van der Waals surface area contributed by atoms with Crippen molar-refractivity contribution in [2.24, 2.45) is 0 Å². The number of halogens is 3. The minimum absolute atomic E-state index is 0.121. The normalized spacial score (nSPS) is 11.6. The van der Waals surface area contributed by atoms with Crippen LogP contribution in [0.3, 0.4) is 0 Å². The van der Waals surface area contributed by atoms with Crippen LogP contribution < -0.4 is 4.72 Å². The molecule has 0 aliphatic rings. The van der Waals surface area contributed by atoms with Crippen molar-refractivity contribution in [3.8, 4) is 17.2 Å². The van der Waals surface area contributed by atoms with E-state index in [0.717, 1.165) is 18.2 Å².